The summed E-state index contributed by atoms with van der Waals surface area (Å²) in [6.45, 7) is 2.29. The minimum absolute atomic E-state index is 0.961. The Morgan fingerprint density at radius 3 is 1.52 bits per heavy atom. The molecule has 0 amide bonds. The molecule has 116 valence electrons. The average molecular weight is 284 g/mol. The Hall–Kier alpha value is -0.780. The molecule has 0 spiro atoms. The Balaban J connectivity index is 1.63. The molecule has 0 nitrogen and oxygen atoms in total. The van der Waals surface area contributed by atoms with E-state index in [9.17, 15) is 0 Å². The van der Waals surface area contributed by atoms with Crippen LogP contribution in [0, 0.1) is 18.8 Å². The van der Waals surface area contributed by atoms with Gasteiger partial charge in [0, 0.05) is 0 Å². The van der Waals surface area contributed by atoms with E-state index >= 15 is 0 Å². The predicted octanol–water partition coefficient (Wildman–Crippen LogP) is 6.24. The lowest BCUT2D eigenvalue weighted by Gasteiger charge is -2.23. The lowest BCUT2D eigenvalue weighted by molar-refractivity contribution is 0.353. The summed E-state index contributed by atoms with van der Waals surface area (Å²) in [7, 11) is 0. The van der Waals surface area contributed by atoms with Crippen molar-refractivity contribution < 1.29 is 0 Å². The first-order valence-electron chi connectivity index (χ1n) is 9.39. The highest BCUT2D eigenvalue weighted by atomic mass is 14.2. The van der Waals surface area contributed by atoms with Crippen molar-refractivity contribution in [3.63, 3.8) is 0 Å². The molecule has 0 aromatic heterocycles. The zero-order valence-corrected chi connectivity index (χ0v) is 13.9. The van der Waals surface area contributed by atoms with Gasteiger partial charge in [0.2, 0.25) is 0 Å². The molecule has 0 unspecified atom stereocenters. The molecule has 2 aliphatic carbocycles. The molecular formula is C21H32. The first-order valence-corrected chi connectivity index (χ1v) is 9.39. The van der Waals surface area contributed by atoms with Gasteiger partial charge < -0.3 is 0 Å². The standard InChI is InChI=1S/C21H32/c1-17-12-20(14-18-8-4-2-5-9-18)16-21(13-17)15-19-10-6-3-7-11-19/h12-13,16,18-19H,2-11,14-15H2,1H3. The lowest BCUT2D eigenvalue weighted by Crippen LogP contribution is -2.11. The summed E-state index contributed by atoms with van der Waals surface area (Å²) in [4.78, 5) is 0. The van der Waals surface area contributed by atoms with Crippen LogP contribution in [0.15, 0.2) is 18.2 Å². The van der Waals surface area contributed by atoms with Gasteiger partial charge in [0.1, 0.15) is 0 Å². The highest BCUT2D eigenvalue weighted by Gasteiger charge is 2.16. The minimum atomic E-state index is 0.961. The molecular weight excluding hydrogens is 252 g/mol. The van der Waals surface area contributed by atoms with Crippen molar-refractivity contribution in [2.24, 2.45) is 11.8 Å². The Bertz CT molecular complexity index is 395. The van der Waals surface area contributed by atoms with E-state index in [2.05, 4.69) is 25.1 Å². The summed E-state index contributed by atoms with van der Waals surface area (Å²) in [6.07, 6.45) is 17.3. The molecule has 3 rings (SSSR count). The van der Waals surface area contributed by atoms with E-state index in [0.717, 1.165) is 11.8 Å². The zero-order valence-electron chi connectivity index (χ0n) is 13.9. The fraction of sp³-hybridized carbons (Fsp3) is 0.714. The summed E-state index contributed by atoms with van der Waals surface area (Å²) >= 11 is 0. The van der Waals surface area contributed by atoms with Crippen molar-refractivity contribution in [1.29, 1.82) is 0 Å². The van der Waals surface area contributed by atoms with Crippen LogP contribution >= 0.6 is 0 Å². The van der Waals surface area contributed by atoms with Gasteiger partial charge in [0.15, 0.2) is 0 Å². The van der Waals surface area contributed by atoms with E-state index in [1.54, 1.807) is 11.1 Å². The van der Waals surface area contributed by atoms with Gasteiger partial charge in [-0.15, -0.1) is 0 Å². The fourth-order valence-corrected chi connectivity index (χ4v) is 4.63. The summed E-state index contributed by atoms with van der Waals surface area (Å²) in [5.74, 6) is 1.92. The Kier molecular flexibility index (Phi) is 5.38. The predicted molar refractivity (Wildman–Crippen MR) is 91.7 cm³/mol. The Labute approximate surface area is 131 Å². The van der Waals surface area contributed by atoms with Gasteiger partial charge in [-0.25, -0.2) is 0 Å². The third kappa shape index (κ3) is 4.59. The minimum Gasteiger partial charge on any atom is -0.0561 e. The Morgan fingerprint density at radius 1 is 0.667 bits per heavy atom. The van der Waals surface area contributed by atoms with Crippen LogP contribution in [-0.4, -0.2) is 0 Å². The second-order valence-electron chi connectivity index (χ2n) is 7.74. The summed E-state index contributed by atoms with van der Waals surface area (Å²) in [6, 6.07) is 7.42. The molecule has 21 heavy (non-hydrogen) atoms. The van der Waals surface area contributed by atoms with E-state index < -0.39 is 0 Å². The van der Waals surface area contributed by atoms with Crippen LogP contribution in [0.1, 0.15) is 80.9 Å². The van der Waals surface area contributed by atoms with Gasteiger partial charge >= 0.3 is 0 Å². The van der Waals surface area contributed by atoms with E-state index in [0.29, 0.717) is 0 Å². The molecule has 0 heteroatoms. The van der Waals surface area contributed by atoms with Gasteiger partial charge in [0.25, 0.3) is 0 Å². The van der Waals surface area contributed by atoms with E-state index in [1.165, 1.54) is 82.6 Å². The van der Waals surface area contributed by atoms with E-state index in [4.69, 9.17) is 0 Å². The van der Waals surface area contributed by atoms with Crippen molar-refractivity contribution in [2.45, 2.75) is 84.0 Å². The van der Waals surface area contributed by atoms with Gasteiger partial charge in [-0.1, -0.05) is 88.0 Å². The normalized spacial score (nSPS) is 21.6. The highest BCUT2D eigenvalue weighted by molar-refractivity contribution is 5.30. The molecule has 0 bridgehead atoms. The third-order valence-electron chi connectivity index (χ3n) is 5.70. The summed E-state index contributed by atoms with van der Waals surface area (Å²) in [5, 5.41) is 0. The average Bonchev–Trinajstić information content (AvgIpc) is 2.48. The largest absolute Gasteiger partial charge is 0.0561 e. The molecule has 0 aliphatic heterocycles. The molecule has 2 fully saturated rings. The topological polar surface area (TPSA) is 0 Å². The van der Waals surface area contributed by atoms with Crippen LogP contribution < -0.4 is 0 Å². The fourth-order valence-electron chi connectivity index (χ4n) is 4.63. The monoisotopic (exact) mass is 284 g/mol. The molecule has 2 saturated carbocycles. The van der Waals surface area contributed by atoms with Crippen LogP contribution in [-0.2, 0) is 12.8 Å². The highest BCUT2D eigenvalue weighted by Crippen LogP contribution is 2.30. The molecule has 1 aromatic carbocycles. The van der Waals surface area contributed by atoms with Crippen LogP contribution in [0.25, 0.3) is 0 Å². The van der Waals surface area contributed by atoms with Crippen LogP contribution in [0.2, 0.25) is 0 Å². The lowest BCUT2D eigenvalue weighted by atomic mass is 9.82. The molecule has 0 N–H and O–H groups in total. The van der Waals surface area contributed by atoms with E-state index in [1.807, 2.05) is 0 Å². The van der Waals surface area contributed by atoms with Gasteiger partial charge in [0.05, 0.1) is 0 Å². The van der Waals surface area contributed by atoms with Crippen LogP contribution in [0.3, 0.4) is 0 Å². The maximum atomic E-state index is 2.54. The summed E-state index contributed by atoms with van der Waals surface area (Å²) < 4.78 is 0. The first kappa shape index (κ1) is 15.1. The van der Waals surface area contributed by atoms with E-state index in [-0.39, 0.29) is 0 Å². The van der Waals surface area contributed by atoms with Crippen molar-refractivity contribution in [3.05, 3.63) is 34.9 Å². The molecule has 0 atom stereocenters. The summed E-state index contributed by atoms with van der Waals surface area (Å²) in [5.41, 5.74) is 4.72. The van der Waals surface area contributed by atoms with Gasteiger partial charge in [-0.05, 0) is 42.7 Å². The third-order valence-corrected chi connectivity index (χ3v) is 5.70. The second kappa shape index (κ2) is 7.47. The number of hydrogen-bond acceptors (Lipinski definition) is 0. The maximum absolute atomic E-state index is 2.54. The van der Waals surface area contributed by atoms with Crippen LogP contribution in [0.4, 0.5) is 0 Å². The zero-order chi connectivity index (χ0) is 14.5. The van der Waals surface area contributed by atoms with Crippen molar-refractivity contribution in [2.75, 3.05) is 0 Å². The molecule has 2 aliphatic rings. The number of aryl methyl sites for hydroxylation is 1. The number of benzene rings is 1. The molecule has 1 aromatic rings. The first-order chi connectivity index (χ1) is 10.3. The quantitative estimate of drug-likeness (QED) is 0.614. The molecule has 0 radical (unpaired) electrons. The maximum Gasteiger partial charge on any atom is -0.0250 e. The van der Waals surface area contributed by atoms with Gasteiger partial charge in [-0.3, -0.25) is 0 Å². The SMILES string of the molecule is Cc1cc(CC2CCCCC2)cc(CC2CCCCC2)c1. The van der Waals surface area contributed by atoms with Crippen molar-refractivity contribution in [1.82, 2.24) is 0 Å². The van der Waals surface area contributed by atoms with Gasteiger partial charge in [-0.2, -0.15) is 0 Å². The number of rotatable bonds is 4. The molecule has 0 saturated heterocycles. The smallest absolute Gasteiger partial charge is 0.0250 e. The van der Waals surface area contributed by atoms with Crippen molar-refractivity contribution >= 4 is 0 Å². The van der Waals surface area contributed by atoms with Crippen LogP contribution in [0.5, 0.6) is 0 Å². The number of hydrogen-bond donors (Lipinski definition) is 0. The second-order valence-corrected chi connectivity index (χ2v) is 7.74. The van der Waals surface area contributed by atoms with Crippen molar-refractivity contribution in [3.8, 4) is 0 Å². The Morgan fingerprint density at radius 2 is 1.10 bits per heavy atom. The molecule has 0 heterocycles.